The lowest BCUT2D eigenvalue weighted by atomic mass is 10.1. The molecule has 2 heterocycles. The number of aromatic hydroxyl groups is 1. The van der Waals surface area contributed by atoms with Crippen molar-refractivity contribution < 1.29 is 29.3 Å². The number of aliphatic hydroxyl groups excluding tert-OH is 2. The molecule has 11 heteroatoms. The van der Waals surface area contributed by atoms with Crippen LogP contribution in [0.4, 0.5) is 5.69 Å². The van der Waals surface area contributed by atoms with Crippen molar-refractivity contribution in [1.29, 1.82) is 0 Å². The fraction of sp³-hybridized carbons (Fsp3) is 0.242. The topological polar surface area (TPSA) is 148 Å². The van der Waals surface area contributed by atoms with Gasteiger partial charge in [0.15, 0.2) is 5.76 Å². The van der Waals surface area contributed by atoms with E-state index in [1.807, 2.05) is 11.9 Å². The molecule has 0 saturated carbocycles. The number of phenolic OH excluding ortho intramolecular Hbond substituents is 1. The van der Waals surface area contributed by atoms with Gasteiger partial charge in [-0.25, -0.2) is 0 Å². The predicted molar refractivity (Wildman–Crippen MR) is 169 cm³/mol. The van der Waals surface area contributed by atoms with E-state index in [2.05, 4.69) is 26.5 Å². The molecule has 2 aromatic heterocycles. The van der Waals surface area contributed by atoms with Crippen molar-refractivity contribution in [2.24, 2.45) is 4.36 Å². The largest absolute Gasteiger partial charge is 0.507 e. The monoisotopic (exact) mass is 614 g/mol. The van der Waals surface area contributed by atoms with Crippen LogP contribution in [-0.4, -0.2) is 75.6 Å². The van der Waals surface area contributed by atoms with Crippen LogP contribution < -0.4 is 5.32 Å². The first-order valence-corrected chi connectivity index (χ1v) is 15.2. The van der Waals surface area contributed by atoms with Crippen LogP contribution >= 0.6 is 0 Å². The Morgan fingerprint density at radius 3 is 2.64 bits per heavy atom. The van der Waals surface area contributed by atoms with Gasteiger partial charge < -0.3 is 30.0 Å². The maximum absolute atomic E-state index is 13.3. The molecule has 0 aliphatic rings. The van der Waals surface area contributed by atoms with Crippen LogP contribution in [0.5, 0.6) is 5.75 Å². The molecule has 4 N–H and O–H groups in total. The van der Waals surface area contributed by atoms with Crippen LogP contribution in [0.25, 0.3) is 0 Å². The fourth-order valence-corrected chi connectivity index (χ4v) is 5.89. The van der Waals surface area contributed by atoms with Gasteiger partial charge in [-0.15, -0.1) is 0 Å². The Balaban J connectivity index is 1.49. The highest BCUT2D eigenvalue weighted by molar-refractivity contribution is 7.87. The Hall–Kier alpha value is -4.60. The summed E-state index contributed by atoms with van der Waals surface area (Å²) in [5, 5.41) is 32.1. The lowest BCUT2D eigenvalue weighted by Gasteiger charge is -2.19. The first-order valence-electron chi connectivity index (χ1n) is 13.9. The molecule has 228 valence electrons. The Labute approximate surface area is 258 Å². The molecular formula is C33H34N4O6S. The van der Waals surface area contributed by atoms with Crippen molar-refractivity contribution in [1.82, 2.24) is 9.88 Å². The smallest absolute Gasteiger partial charge is 0.291 e. The number of rotatable bonds is 11. The molecule has 0 fully saturated rings. The zero-order chi connectivity index (χ0) is 31.5. The van der Waals surface area contributed by atoms with Crippen LogP contribution in [-0.2, 0) is 10.7 Å². The Bertz CT molecular complexity index is 1710. The summed E-state index contributed by atoms with van der Waals surface area (Å²) in [6, 6.07) is 17.2. The van der Waals surface area contributed by atoms with Crippen molar-refractivity contribution >= 4 is 28.2 Å². The molecule has 10 nitrogen and oxygen atoms in total. The molecule has 0 bridgehead atoms. The molecule has 2 unspecified atom stereocenters. The number of benzene rings is 2. The summed E-state index contributed by atoms with van der Waals surface area (Å²) in [6.07, 6.45) is 4.26. The van der Waals surface area contributed by atoms with Crippen LogP contribution in [0.15, 0.2) is 93.0 Å². The molecule has 0 aliphatic carbocycles. The number of hydrogen-bond donors (Lipinski definition) is 4. The number of furan rings is 1. The standard InChI is InChI=1S/C33H34N4O6S/c1-23-13-15-43-31(23)33(42)35-27-8-5-7-24(18-27)11-12-25-17-26(20-34-19-25)32(41)36-44(30-10-4-3-9-29(30)40)16-6-14-37(2)21-28(39)22-38/h3-5,7-10,13,15,17-20,28,38-40H,6,14,16,21-22H2,1-2H3,(H,35,42). The number of phenols is 1. The number of para-hydroxylation sites is 1. The first kappa shape index (κ1) is 32.3. The van der Waals surface area contributed by atoms with Gasteiger partial charge in [-0.1, -0.05) is 40.7 Å². The number of aromatic nitrogens is 1. The summed E-state index contributed by atoms with van der Waals surface area (Å²) in [6.45, 7) is 2.41. The molecule has 44 heavy (non-hydrogen) atoms. The van der Waals surface area contributed by atoms with Crippen LogP contribution in [0, 0.1) is 18.8 Å². The van der Waals surface area contributed by atoms with Gasteiger partial charge in [-0.3, -0.25) is 14.6 Å². The van der Waals surface area contributed by atoms with Crippen molar-refractivity contribution in [3.63, 3.8) is 0 Å². The minimum Gasteiger partial charge on any atom is -0.507 e. The molecule has 4 aromatic rings. The van der Waals surface area contributed by atoms with Gasteiger partial charge in [-0.05, 0) is 69.4 Å². The SMILES string of the molecule is Cc1ccoc1C(=O)Nc1cccc(C#Cc2cncc(C(=O)N=S(CCCN(C)CC(O)CO)c3ccccc3O)c2)c1. The lowest BCUT2D eigenvalue weighted by molar-refractivity contribution is 0.0667. The van der Waals surface area contributed by atoms with E-state index in [1.165, 1.54) is 12.5 Å². The van der Waals surface area contributed by atoms with Crippen LogP contribution in [0.3, 0.4) is 0 Å². The normalized spacial score (nSPS) is 12.4. The van der Waals surface area contributed by atoms with Crippen LogP contribution in [0.1, 0.15) is 44.0 Å². The van der Waals surface area contributed by atoms with E-state index in [0.717, 1.165) is 5.56 Å². The Morgan fingerprint density at radius 1 is 1.09 bits per heavy atom. The van der Waals surface area contributed by atoms with Crippen molar-refractivity contribution in [3.8, 4) is 17.6 Å². The maximum Gasteiger partial charge on any atom is 0.291 e. The van der Waals surface area contributed by atoms with Crippen molar-refractivity contribution in [2.75, 3.05) is 37.8 Å². The molecule has 0 aliphatic heterocycles. The number of carbonyl (C=O) groups is 2. The second-order valence-corrected chi connectivity index (χ2v) is 11.8. The van der Waals surface area contributed by atoms with Gasteiger partial charge in [0.25, 0.3) is 11.8 Å². The van der Waals surface area contributed by atoms with E-state index in [-0.39, 0.29) is 29.6 Å². The highest BCUT2D eigenvalue weighted by atomic mass is 32.2. The molecule has 0 spiro atoms. The Kier molecular flexibility index (Phi) is 11.6. The van der Waals surface area contributed by atoms with E-state index < -0.39 is 22.7 Å². The second-order valence-electron chi connectivity index (χ2n) is 10.1. The molecule has 0 saturated heterocycles. The molecule has 2 atom stereocenters. The number of nitrogens with one attached hydrogen (secondary N) is 1. The van der Waals surface area contributed by atoms with Gasteiger partial charge in [0.1, 0.15) is 5.75 Å². The number of pyridine rings is 1. The van der Waals surface area contributed by atoms with Gasteiger partial charge in [0.2, 0.25) is 0 Å². The minimum atomic E-state index is -0.940. The first-order chi connectivity index (χ1) is 21.2. The number of carbonyl (C=O) groups excluding carboxylic acids is 2. The minimum absolute atomic E-state index is 0.0619. The van der Waals surface area contributed by atoms with E-state index in [4.69, 9.17) is 9.52 Å². The molecular weight excluding hydrogens is 580 g/mol. The van der Waals surface area contributed by atoms with E-state index in [9.17, 15) is 19.8 Å². The zero-order valence-corrected chi connectivity index (χ0v) is 25.3. The highest BCUT2D eigenvalue weighted by Crippen LogP contribution is 2.23. The number of aliphatic hydroxyl groups is 2. The number of hydrogen-bond acceptors (Lipinski definition) is 8. The molecule has 2 amide bonds. The van der Waals surface area contributed by atoms with Gasteiger partial charge in [-0.2, -0.15) is 4.36 Å². The summed E-state index contributed by atoms with van der Waals surface area (Å²) >= 11 is 0. The maximum atomic E-state index is 13.3. The third-order valence-corrected chi connectivity index (χ3v) is 8.36. The van der Waals surface area contributed by atoms with E-state index >= 15 is 0 Å². The average Bonchev–Trinajstić information content (AvgIpc) is 3.46. The van der Waals surface area contributed by atoms with Gasteiger partial charge >= 0.3 is 0 Å². The third-order valence-electron chi connectivity index (χ3n) is 6.45. The number of amides is 2. The quantitative estimate of drug-likeness (QED) is 0.185. The summed E-state index contributed by atoms with van der Waals surface area (Å²) in [4.78, 5) is 32.4. The van der Waals surface area contributed by atoms with Crippen LogP contribution in [0.2, 0.25) is 0 Å². The molecule has 2 aromatic carbocycles. The van der Waals surface area contributed by atoms with Gasteiger partial charge in [0.05, 0.1) is 29.4 Å². The predicted octanol–water partition coefficient (Wildman–Crippen LogP) is 4.02. The number of anilines is 1. The summed E-state index contributed by atoms with van der Waals surface area (Å²) in [7, 11) is 0.899. The number of aryl methyl sites for hydroxylation is 1. The van der Waals surface area contributed by atoms with Crippen molar-refractivity contribution in [3.05, 3.63) is 107 Å². The second kappa shape index (κ2) is 15.7. The van der Waals surface area contributed by atoms with E-state index in [0.29, 0.717) is 47.0 Å². The highest BCUT2D eigenvalue weighted by Gasteiger charge is 2.14. The molecule has 4 rings (SSSR count). The summed E-state index contributed by atoms with van der Waals surface area (Å²) in [5.41, 5.74) is 2.73. The summed E-state index contributed by atoms with van der Waals surface area (Å²) in [5.74, 6) is 6.03. The number of likely N-dealkylation sites (N-methyl/N-ethyl adjacent to an activating group) is 1. The fourth-order valence-electron chi connectivity index (χ4n) is 4.23. The van der Waals surface area contributed by atoms with E-state index in [1.54, 1.807) is 73.8 Å². The summed E-state index contributed by atoms with van der Waals surface area (Å²) < 4.78 is 9.71. The lowest BCUT2D eigenvalue weighted by Crippen LogP contribution is -2.32. The van der Waals surface area contributed by atoms with Gasteiger partial charge in [0, 0.05) is 47.1 Å². The molecule has 0 radical (unpaired) electrons. The number of nitrogens with zero attached hydrogens (tertiary/aromatic N) is 3. The Morgan fingerprint density at radius 2 is 1.89 bits per heavy atom. The van der Waals surface area contributed by atoms with Crippen molar-refractivity contribution in [2.45, 2.75) is 24.3 Å². The third kappa shape index (κ3) is 9.20. The average molecular weight is 615 g/mol. The zero-order valence-electron chi connectivity index (χ0n) is 24.4.